The van der Waals surface area contributed by atoms with E-state index in [1.807, 2.05) is 19.1 Å². The molecule has 16 heavy (non-hydrogen) atoms. The van der Waals surface area contributed by atoms with Gasteiger partial charge in [0.25, 0.3) is 5.91 Å². The lowest BCUT2D eigenvalue weighted by Crippen LogP contribution is -2.33. The Labute approximate surface area is 95.7 Å². The van der Waals surface area contributed by atoms with E-state index in [1.165, 1.54) is 4.90 Å². The van der Waals surface area contributed by atoms with Gasteiger partial charge in [0.15, 0.2) is 0 Å². The minimum Gasteiger partial charge on any atom is -0.398 e. The summed E-state index contributed by atoms with van der Waals surface area (Å²) in [5, 5.41) is 9.23. The second-order valence-electron chi connectivity index (χ2n) is 4.07. The third-order valence-electron chi connectivity index (χ3n) is 2.40. The number of amides is 1. The van der Waals surface area contributed by atoms with Gasteiger partial charge >= 0.3 is 0 Å². The van der Waals surface area contributed by atoms with Gasteiger partial charge in [-0.15, -0.1) is 0 Å². The summed E-state index contributed by atoms with van der Waals surface area (Å²) < 4.78 is 0. The summed E-state index contributed by atoms with van der Waals surface area (Å²) in [6.45, 7) is 3.79. The maximum atomic E-state index is 12.1. The van der Waals surface area contributed by atoms with Gasteiger partial charge in [0, 0.05) is 19.3 Å². The first-order valence-electron chi connectivity index (χ1n) is 5.22. The first-order chi connectivity index (χ1) is 7.43. The molecule has 0 radical (unpaired) electrons. The number of carbonyl (C=O) groups excluding carboxylic acids is 1. The number of nitrogen functional groups attached to an aromatic ring is 1. The molecule has 1 aromatic carbocycles. The van der Waals surface area contributed by atoms with Crippen molar-refractivity contribution in [1.82, 2.24) is 4.90 Å². The van der Waals surface area contributed by atoms with Crippen LogP contribution in [0.5, 0.6) is 0 Å². The van der Waals surface area contributed by atoms with Gasteiger partial charge < -0.3 is 15.7 Å². The monoisotopic (exact) mass is 222 g/mol. The van der Waals surface area contributed by atoms with Gasteiger partial charge in [0.05, 0.1) is 11.7 Å². The summed E-state index contributed by atoms with van der Waals surface area (Å²) in [4.78, 5) is 13.5. The number of aliphatic hydroxyl groups excluding tert-OH is 1. The largest absolute Gasteiger partial charge is 0.398 e. The van der Waals surface area contributed by atoms with Crippen LogP contribution >= 0.6 is 0 Å². The van der Waals surface area contributed by atoms with Crippen LogP contribution < -0.4 is 5.73 Å². The first-order valence-corrected chi connectivity index (χ1v) is 5.22. The van der Waals surface area contributed by atoms with Crippen molar-refractivity contribution < 1.29 is 9.90 Å². The van der Waals surface area contributed by atoms with Crippen molar-refractivity contribution in [2.24, 2.45) is 0 Å². The molecule has 0 fully saturated rings. The SMILES string of the molecule is Cc1cccc(N)c1C(=O)N(C)CC(C)O. The zero-order valence-electron chi connectivity index (χ0n) is 9.90. The van der Waals surface area contributed by atoms with Crippen molar-refractivity contribution in [3.63, 3.8) is 0 Å². The molecule has 0 heterocycles. The molecule has 0 saturated carbocycles. The molecule has 88 valence electrons. The van der Waals surface area contributed by atoms with Gasteiger partial charge in [-0.2, -0.15) is 0 Å². The molecule has 0 spiro atoms. The minimum absolute atomic E-state index is 0.156. The fourth-order valence-corrected chi connectivity index (χ4v) is 1.65. The van der Waals surface area contributed by atoms with Gasteiger partial charge in [-0.05, 0) is 25.5 Å². The standard InChI is InChI=1S/C12H18N2O2/c1-8-5-4-6-10(13)11(8)12(16)14(3)7-9(2)15/h4-6,9,15H,7,13H2,1-3H3. The normalized spacial score (nSPS) is 12.2. The van der Waals surface area contributed by atoms with E-state index in [4.69, 9.17) is 5.73 Å². The van der Waals surface area contributed by atoms with Crippen molar-refractivity contribution in [3.8, 4) is 0 Å². The van der Waals surface area contributed by atoms with E-state index >= 15 is 0 Å². The van der Waals surface area contributed by atoms with Crippen LogP contribution in [-0.2, 0) is 0 Å². The van der Waals surface area contributed by atoms with Gasteiger partial charge in [-0.3, -0.25) is 4.79 Å². The first kappa shape index (κ1) is 12.5. The summed E-state index contributed by atoms with van der Waals surface area (Å²) in [6, 6.07) is 5.37. The molecule has 0 aromatic heterocycles. The van der Waals surface area contributed by atoms with Crippen molar-refractivity contribution in [3.05, 3.63) is 29.3 Å². The zero-order valence-corrected chi connectivity index (χ0v) is 9.90. The van der Waals surface area contributed by atoms with Gasteiger partial charge in [0.2, 0.25) is 0 Å². The number of likely N-dealkylation sites (N-methyl/N-ethyl adjacent to an activating group) is 1. The molecule has 3 N–H and O–H groups in total. The van der Waals surface area contributed by atoms with Crippen molar-refractivity contribution in [1.29, 1.82) is 0 Å². The van der Waals surface area contributed by atoms with Crippen LogP contribution in [0, 0.1) is 6.92 Å². The van der Waals surface area contributed by atoms with E-state index in [1.54, 1.807) is 20.0 Å². The van der Waals surface area contributed by atoms with Crippen molar-refractivity contribution >= 4 is 11.6 Å². The smallest absolute Gasteiger partial charge is 0.256 e. The number of aryl methyl sites for hydroxylation is 1. The number of anilines is 1. The molecule has 1 amide bonds. The number of nitrogens with zero attached hydrogens (tertiary/aromatic N) is 1. The van der Waals surface area contributed by atoms with E-state index in [9.17, 15) is 9.90 Å². The number of carbonyl (C=O) groups is 1. The van der Waals surface area contributed by atoms with Crippen LogP contribution in [0.3, 0.4) is 0 Å². The Kier molecular flexibility index (Phi) is 3.90. The van der Waals surface area contributed by atoms with Crippen LogP contribution in [0.25, 0.3) is 0 Å². The van der Waals surface area contributed by atoms with Crippen molar-refractivity contribution in [2.45, 2.75) is 20.0 Å². The van der Waals surface area contributed by atoms with E-state index in [0.29, 0.717) is 17.8 Å². The van der Waals surface area contributed by atoms with Crippen LogP contribution in [0.15, 0.2) is 18.2 Å². The molecule has 1 aromatic rings. The molecule has 0 bridgehead atoms. The zero-order chi connectivity index (χ0) is 12.3. The van der Waals surface area contributed by atoms with E-state index in [0.717, 1.165) is 5.56 Å². The summed E-state index contributed by atoms with van der Waals surface area (Å²) in [7, 11) is 1.65. The Morgan fingerprint density at radius 2 is 2.19 bits per heavy atom. The predicted molar refractivity (Wildman–Crippen MR) is 64.2 cm³/mol. The van der Waals surface area contributed by atoms with Crippen LogP contribution in [0.1, 0.15) is 22.8 Å². The average molecular weight is 222 g/mol. The summed E-state index contributed by atoms with van der Waals surface area (Å²) in [6.07, 6.45) is -0.542. The highest BCUT2D eigenvalue weighted by Gasteiger charge is 2.17. The number of hydrogen-bond acceptors (Lipinski definition) is 3. The lowest BCUT2D eigenvalue weighted by atomic mass is 10.1. The highest BCUT2D eigenvalue weighted by atomic mass is 16.3. The number of rotatable bonds is 3. The molecule has 4 nitrogen and oxygen atoms in total. The average Bonchev–Trinajstić information content (AvgIpc) is 2.16. The highest BCUT2D eigenvalue weighted by molar-refractivity contribution is 6.00. The summed E-state index contributed by atoms with van der Waals surface area (Å²) in [5.74, 6) is -0.156. The van der Waals surface area contributed by atoms with Gasteiger partial charge in [0.1, 0.15) is 0 Å². The Hall–Kier alpha value is -1.55. The van der Waals surface area contributed by atoms with Crippen LogP contribution in [0.2, 0.25) is 0 Å². The minimum atomic E-state index is -0.542. The lowest BCUT2D eigenvalue weighted by molar-refractivity contribution is 0.0704. The van der Waals surface area contributed by atoms with Crippen molar-refractivity contribution in [2.75, 3.05) is 19.3 Å². The fraction of sp³-hybridized carbons (Fsp3) is 0.417. The third kappa shape index (κ3) is 2.73. The maximum absolute atomic E-state index is 12.1. The molecule has 1 atom stereocenters. The third-order valence-corrected chi connectivity index (χ3v) is 2.40. The molecule has 0 aliphatic carbocycles. The number of nitrogens with two attached hydrogens (primary N) is 1. The van der Waals surface area contributed by atoms with E-state index < -0.39 is 6.10 Å². The number of benzene rings is 1. The molecule has 0 aliphatic heterocycles. The number of aliphatic hydroxyl groups is 1. The Morgan fingerprint density at radius 3 is 2.69 bits per heavy atom. The number of hydrogen-bond donors (Lipinski definition) is 2. The quantitative estimate of drug-likeness (QED) is 0.751. The fourth-order valence-electron chi connectivity index (χ4n) is 1.65. The molecular weight excluding hydrogens is 204 g/mol. The van der Waals surface area contributed by atoms with Crippen LogP contribution in [0.4, 0.5) is 5.69 Å². The Bertz CT molecular complexity index is 368. The molecular formula is C12H18N2O2. The second kappa shape index (κ2) is 4.99. The summed E-state index contributed by atoms with van der Waals surface area (Å²) >= 11 is 0. The highest BCUT2D eigenvalue weighted by Crippen LogP contribution is 2.18. The second-order valence-corrected chi connectivity index (χ2v) is 4.07. The molecule has 0 saturated heterocycles. The van der Waals surface area contributed by atoms with Gasteiger partial charge in [-0.25, -0.2) is 0 Å². The maximum Gasteiger partial charge on any atom is 0.256 e. The Balaban J connectivity index is 2.96. The Morgan fingerprint density at radius 1 is 1.56 bits per heavy atom. The van der Waals surface area contributed by atoms with Gasteiger partial charge in [-0.1, -0.05) is 12.1 Å². The lowest BCUT2D eigenvalue weighted by Gasteiger charge is -2.20. The predicted octanol–water partition coefficient (Wildman–Crippen LogP) is 1.03. The molecule has 4 heteroatoms. The van der Waals surface area contributed by atoms with E-state index in [-0.39, 0.29) is 5.91 Å². The molecule has 0 aliphatic rings. The van der Waals surface area contributed by atoms with Crippen LogP contribution in [-0.4, -0.2) is 35.6 Å². The molecule has 1 unspecified atom stereocenters. The summed E-state index contributed by atoms with van der Waals surface area (Å²) in [5.41, 5.74) is 7.62. The topological polar surface area (TPSA) is 66.6 Å². The molecule has 1 rings (SSSR count). The van der Waals surface area contributed by atoms with E-state index in [2.05, 4.69) is 0 Å².